The van der Waals surface area contributed by atoms with Crippen LogP contribution in [0.3, 0.4) is 0 Å². The third kappa shape index (κ3) is 72.8. The second-order valence-corrected chi connectivity index (χ2v) is 32.4. The van der Waals surface area contributed by atoms with E-state index in [1.807, 2.05) is 0 Å². The average Bonchev–Trinajstić information content (AvgIpc) is 0.970. The molecule has 19 heteroatoms. The molecular weight excluding hydrogens is 1290 g/mol. The number of unbranched alkanes of at least 4 members (excludes halogenated alkanes) is 48. The Bertz CT molecular complexity index is 1910. The molecule has 0 radical (unpaired) electrons. The number of carbonyl (C=O) groups is 4. The highest BCUT2D eigenvalue weighted by Crippen LogP contribution is 2.45. The molecule has 0 heterocycles. The van der Waals surface area contributed by atoms with Crippen molar-refractivity contribution in [1.29, 1.82) is 0 Å². The van der Waals surface area contributed by atoms with E-state index in [1.165, 1.54) is 231 Å². The Morgan fingerprint density at radius 3 is 0.768 bits per heavy atom. The molecule has 0 fully saturated rings. The topological polar surface area (TPSA) is 237 Å². The number of ether oxygens (including phenoxy) is 4. The quantitative estimate of drug-likeness (QED) is 0.0222. The number of carbonyl (C=O) groups excluding carboxylic acids is 4. The van der Waals surface area contributed by atoms with E-state index in [4.69, 9.17) is 37.0 Å². The van der Waals surface area contributed by atoms with Crippen LogP contribution in [0.4, 0.5) is 0 Å². The molecule has 0 aliphatic heterocycles. The van der Waals surface area contributed by atoms with Crippen LogP contribution in [0.2, 0.25) is 0 Å². The van der Waals surface area contributed by atoms with E-state index >= 15 is 0 Å². The van der Waals surface area contributed by atoms with Gasteiger partial charge in [-0.1, -0.05) is 369 Å². The minimum Gasteiger partial charge on any atom is -0.462 e. The predicted octanol–water partition coefficient (Wildman–Crippen LogP) is 23.9. The van der Waals surface area contributed by atoms with Gasteiger partial charge in [-0.05, 0) is 37.5 Å². The predicted molar refractivity (Wildman–Crippen MR) is 405 cm³/mol. The summed E-state index contributed by atoms with van der Waals surface area (Å²) in [5.41, 5.74) is 0. The summed E-state index contributed by atoms with van der Waals surface area (Å²) < 4.78 is 68.4. The van der Waals surface area contributed by atoms with E-state index in [0.717, 1.165) is 108 Å². The van der Waals surface area contributed by atoms with Crippen molar-refractivity contribution < 1.29 is 80.2 Å². The van der Waals surface area contributed by atoms with Gasteiger partial charge in [0.2, 0.25) is 0 Å². The zero-order chi connectivity index (χ0) is 72.8. The summed E-state index contributed by atoms with van der Waals surface area (Å²) in [7, 11) is -9.91. The minimum absolute atomic E-state index is 0.107. The first-order chi connectivity index (χ1) is 47.9. The molecule has 3 N–H and O–H groups in total. The molecule has 6 atom stereocenters. The van der Waals surface area contributed by atoms with Gasteiger partial charge in [0.05, 0.1) is 26.4 Å². The van der Waals surface area contributed by atoms with Crippen LogP contribution < -0.4 is 0 Å². The molecule has 17 nitrogen and oxygen atoms in total. The molecule has 0 aliphatic rings. The van der Waals surface area contributed by atoms with Crippen LogP contribution in [0.15, 0.2) is 0 Å². The smallest absolute Gasteiger partial charge is 0.462 e. The number of esters is 4. The van der Waals surface area contributed by atoms with Gasteiger partial charge in [0.1, 0.15) is 19.3 Å². The lowest BCUT2D eigenvalue weighted by atomic mass is 9.99. The number of phosphoric acid groups is 2. The normalized spacial score (nSPS) is 14.2. The molecule has 0 saturated heterocycles. The Balaban J connectivity index is 5.12. The van der Waals surface area contributed by atoms with Gasteiger partial charge in [-0.3, -0.25) is 37.3 Å². The summed E-state index contributed by atoms with van der Waals surface area (Å²) in [5.74, 6) is -0.444. The molecule has 0 spiro atoms. The van der Waals surface area contributed by atoms with Gasteiger partial charge >= 0.3 is 39.5 Å². The molecule has 0 rings (SSSR count). The maximum atomic E-state index is 13.1. The highest BCUT2D eigenvalue weighted by atomic mass is 31.2. The molecule has 0 bridgehead atoms. The number of hydrogen-bond donors (Lipinski definition) is 3. The van der Waals surface area contributed by atoms with Crippen LogP contribution >= 0.6 is 15.6 Å². The second-order valence-electron chi connectivity index (χ2n) is 29.5. The molecule has 3 unspecified atom stereocenters. The first-order valence-electron chi connectivity index (χ1n) is 41.5. The van der Waals surface area contributed by atoms with Gasteiger partial charge in [0, 0.05) is 25.7 Å². The number of aliphatic hydroxyl groups is 1. The van der Waals surface area contributed by atoms with Gasteiger partial charge in [0.15, 0.2) is 12.2 Å². The lowest BCUT2D eigenvalue weighted by molar-refractivity contribution is -0.161. The van der Waals surface area contributed by atoms with Crippen LogP contribution in [-0.4, -0.2) is 96.7 Å². The average molecular weight is 1450 g/mol. The molecule has 99 heavy (non-hydrogen) atoms. The summed E-state index contributed by atoms with van der Waals surface area (Å²) in [5, 5.41) is 10.6. The number of aliphatic hydroxyl groups excluding tert-OH is 1. The van der Waals surface area contributed by atoms with Crippen molar-refractivity contribution in [2.45, 2.75) is 439 Å². The summed E-state index contributed by atoms with van der Waals surface area (Å²) in [6.07, 6.45) is 61.5. The van der Waals surface area contributed by atoms with E-state index < -0.39 is 97.5 Å². The second kappa shape index (κ2) is 71.7. The van der Waals surface area contributed by atoms with E-state index in [1.54, 1.807) is 0 Å². The van der Waals surface area contributed by atoms with Gasteiger partial charge in [-0.15, -0.1) is 0 Å². The fourth-order valence-electron chi connectivity index (χ4n) is 12.3. The van der Waals surface area contributed by atoms with E-state index in [9.17, 15) is 43.2 Å². The highest BCUT2D eigenvalue weighted by Gasteiger charge is 2.30. The van der Waals surface area contributed by atoms with Gasteiger partial charge in [-0.2, -0.15) is 0 Å². The third-order valence-electron chi connectivity index (χ3n) is 19.1. The van der Waals surface area contributed by atoms with Crippen molar-refractivity contribution in [2.24, 2.45) is 11.8 Å². The fraction of sp³-hybridized carbons (Fsp3) is 0.950. The highest BCUT2D eigenvalue weighted by molar-refractivity contribution is 7.47. The molecule has 0 aromatic rings. The van der Waals surface area contributed by atoms with E-state index in [-0.39, 0.29) is 25.7 Å². The molecule has 0 aromatic carbocycles. The lowest BCUT2D eigenvalue weighted by Crippen LogP contribution is -2.30. The molecule has 0 aliphatic carbocycles. The molecule has 0 saturated carbocycles. The molecule has 588 valence electrons. The Kier molecular flexibility index (Phi) is 70.3. The Hall–Kier alpha value is -1.94. The van der Waals surface area contributed by atoms with E-state index in [0.29, 0.717) is 25.7 Å². The standard InChI is InChI=1S/C80H156O17P2/c1-7-10-12-14-15-16-17-18-30-36-41-46-52-58-64-79(84)96-75(68-90-77(82)62-56-48-13-11-8-2)70-94-98(86,87)92-66-74(81)67-93-99(88,89)95-71-76(69-91-78(83)63-57-51-45-40-35-31-27-23-24-28-33-38-43-49-54-60-72(4)5)97-80(85)65-59-53-47-42-37-32-26-22-20-19-21-25-29-34-39-44-50-55-61-73(6)9-3/h72-76,81H,7-71H2,1-6H3,(H,86,87)(H,88,89)/t73?,74-,75+,76+/m0/s1. The maximum Gasteiger partial charge on any atom is 0.472 e. The molecule has 0 amide bonds. The van der Waals surface area contributed by atoms with Crippen molar-refractivity contribution in [3.63, 3.8) is 0 Å². The Morgan fingerprint density at radius 1 is 0.293 bits per heavy atom. The van der Waals surface area contributed by atoms with Crippen LogP contribution in [0, 0.1) is 11.8 Å². The van der Waals surface area contributed by atoms with Gasteiger partial charge < -0.3 is 33.8 Å². The molecule has 0 aromatic heterocycles. The monoisotopic (exact) mass is 1450 g/mol. The van der Waals surface area contributed by atoms with Crippen molar-refractivity contribution in [1.82, 2.24) is 0 Å². The zero-order valence-electron chi connectivity index (χ0n) is 64.8. The van der Waals surface area contributed by atoms with E-state index in [2.05, 4.69) is 41.5 Å². The first-order valence-corrected chi connectivity index (χ1v) is 44.5. The summed E-state index contributed by atoms with van der Waals surface area (Å²) in [6, 6.07) is 0. The summed E-state index contributed by atoms with van der Waals surface area (Å²) >= 11 is 0. The largest absolute Gasteiger partial charge is 0.472 e. The lowest BCUT2D eigenvalue weighted by Gasteiger charge is -2.21. The number of rotatable bonds is 79. The number of hydrogen-bond acceptors (Lipinski definition) is 15. The van der Waals surface area contributed by atoms with Crippen LogP contribution in [0.5, 0.6) is 0 Å². The Morgan fingerprint density at radius 2 is 0.515 bits per heavy atom. The van der Waals surface area contributed by atoms with Gasteiger partial charge in [0.25, 0.3) is 0 Å². The third-order valence-corrected chi connectivity index (χ3v) is 21.0. The zero-order valence-corrected chi connectivity index (χ0v) is 66.6. The molecular formula is C80H156O17P2. The fourth-order valence-corrected chi connectivity index (χ4v) is 13.9. The summed E-state index contributed by atoms with van der Waals surface area (Å²) in [6.45, 7) is 9.63. The summed E-state index contributed by atoms with van der Waals surface area (Å²) in [4.78, 5) is 72.7. The van der Waals surface area contributed by atoms with Crippen molar-refractivity contribution in [2.75, 3.05) is 39.6 Å². The number of phosphoric ester groups is 2. The van der Waals surface area contributed by atoms with Crippen LogP contribution in [0.25, 0.3) is 0 Å². The van der Waals surface area contributed by atoms with Gasteiger partial charge in [-0.25, -0.2) is 9.13 Å². The first kappa shape index (κ1) is 97.1. The van der Waals surface area contributed by atoms with Crippen LogP contribution in [-0.2, 0) is 65.4 Å². The Labute approximate surface area is 607 Å². The SMILES string of the molecule is CCCCCCCCCCCCCCCCC(=O)O[C@H](COC(=O)CCCCCCC)COP(=O)(O)OC[C@H](O)COP(=O)(O)OC[C@@H](COC(=O)CCCCCCCCCCCCCCCCCC(C)C)OC(=O)CCCCCCCCCCCCCCCCCCCCC(C)CC. The maximum absolute atomic E-state index is 13.1. The van der Waals surface area contributed by atoms with Crippen molar-refractivity contribution in [3.05, 3.63) is 0 Å². The van der Waals surface area contributed by atoms with Crippen molar-refractivity contribution in [3.8, 4) is 0 Å². The minimum atomic E-state index is -4.96. The van der Waals surface area contributed by atoms with Crippen molar-refractivity contribution >= 4 is 39.5 Å². The van der Waals surface area contributed by atoms with Crippen LogP contribution in [0.1, 0.15) is 420 Å².